The molecule has 6 heteroatoms. The summed E-state index contributed by atoms with van der Waals surface area (Å²) in [4.78, 5) is 1.71. The van der Waals surface area contributed by atoms with E-state index in [1.165, 1.54) is 24.3 Å². The normalized spacial score (nSPS) is 19.9. The number of phenolic OH excluding ortho intramolecular Hbond substituents is 1. The van der Waals surface area contributed by atoms with Gasteiger partial charge in [-0.25, -0.2) is 13.2 Å². The number of benzene rings is 2. The highest BCUT2D eigenvalue weighted by molar-refractivity contribution is 5.47. The van der Waals surface area contributed by atoms with Crippen LogP contribution in [-0.2, 0) is 0 Å². The molecule has 0 radical (unpaired) electrons. The molecule has 1 aromatic heterocycles. The number of nitrogens with zero attached hydrogens (tertiary/aromatic N) is 2. The molecule has 1 aliphatic rings. The third kappa shape index (κ3) is 3.97. The molecule has 1 fully saturated rings. The summed E-state index contributed by atoms with van der Waals surface area (Å²) in [6.45, 7) is 2.16. The van der Waals surface area contributed by atoms with Crippen LogP contribution in [0, 0.1) is 5.82 Å². The van der Waals surface area contributed by atoms with E-state index >= 15 is 0 Å². The number of anilines is 1. The average molecular weight is 400 g/mol. The molecule has 0 spiro atoms. The van der Waals surface area contributed by atoms with E-state index in [1.54, 1.807) is 29.2 Å². The summed E-state index contributed by atoms with van der Waals surface area (Å²) in [5.41, 5.74) is 2.25. The van der Waals surface area contributed by atoms with Crippen LogP contribution in [0.15, 0.2) is 67.0 Å². The predicted molar refractivity (Wildman–Crippen MR) is 107 cm³/mol. The van der Waals surface area contributed by atoms with Crippen molar-refractivity contribution in [2.24, 2.45) is 0 Å². The van der Waals surface area contributed by atoms with Gasteiger partial charge in [0.1, 0.15) is 11.6 Å². The van der Waals surface area contributed by atoms with E-state index in [1.807, 2.05) is 30.0 Å². The number of rotatable bonds is 4. The van der Waals surface area contributed by atoms with E-state index in [-0.39, 0.29) is 24.2 Å². The van der Waals surface area contributed by atoms with Gasteiger partial charge in [0, 0.05) is 18.9 Å². The van der Waals surface area contributed by atoms with Gasteiger partial charge in [0.15, 0.2) is 0 Å². The lowest BCUT2D eigenvalue weighted by Gasteiger charge is -2.39. The van der Waals surface area contributed by atoms with Gasteiger partial charge < -0.3 is 14.6 Å². The van der Waals surface area contributed by atoms with Gasteiger partial charge in [-0.05, 0) is 54.8 Å². The average Bonchev–Trinajstić information content (AvgIpc) is 3.18. The Labute approximate surface area is 168 Å². The molecule has 1 aliphatic heterocycles. The zero-order valence-electron chi connectivity index (χ0n) is 16.1. The molecule has 2 unspecified atom stereocenters. The quantitative estimate of drug-likeness (QED) is 0.620. The van der Waals surface area contributed by atoms with Crippen molar-refractivity contribution in [3.05, 3.63) is 83.9 Å². The maximum atomic E-state index is 14.9. The molecule has 2 aromatic carbocycles. The first-order valence-corrected chi connectivity index (χ1v) is 9.68. The summed E-state index contributed by atoms with van der Waals surface area (Å²) in [6.07, 6.45) is 4.06. The molecule has 4 rings (SSSR count). The Hall–Kier alpha value is -2.89. The number of piperidine rings is 1. The van der Waals surface area contributed by atoms with Crippen molar-refractivity contribution in [3.8, 4) is 5.75 Å². The molecule has 152 valence electrons. The molecule has 3 aromatic rings. The zero-order valence-corrected chi connectivity index (χ0v) is 16.1. The van der Waals surface area contributed by atoms with E-state index in [0.29, 0.717) is 18.5 Å². The molecular formula is C23H23F3N2O. The minimum absolute atomic E-state index is 0.0283. The summed E-state index contributed by atoms with van der Waals surface area (Å²) in [6, 6.07) is 14.2. The van der Waals surface area contributed by atoms with Gasteiger partial charge in [-0.15, -0.1) is 0 Å². The van der Waals surface area contributed by atoms with Gasteiger partial charge in [0.2, 0.25) is 0 Å². The highest BCUT2D eigenvalue weighted by atomic mass is 19.3. The number of aromatic nitrogens is 1. The fourth-order valence-corrected chi connectivity index (χ4v) is 4.02. The van der Waals surface area contributed by atoms with Gasteiger partial charge >= 0.3 is 0 Å². The molecule has 2 atom stereocenters. The Balaban J connectivity index is 1.49. The van der Waals surface area contributed by atoms with E-state index in [2.05, 4.69) is 0 Å². The summed E-state index contributed by atoms with van der Waals surface area (Å²) in [7, 11) is 0. The zero-order chi connectivity index (χ0) is 20.6. The van der Waals surface area contributed by atoms with Crippen molar-refractivity contribution in [2.75, 3.05) is 18.0 Å². The molecule has 29 heavy (non-hydrogen) atoms. The van der Waals surface area contributed by atoms with Crippen molar-refractivity contribution in [2.45, 2.75) is 31.2 Å². The number of hydrogen-bond donors (Lipinski definition) is 1. The van der Waals surface area contributed by atoms with Crippen LogP contribution >= 0.6 is 0 Å². The second-order valence-corrected chi connectivity index (χ2v) is 7.66. The van der Waals surface area contributed by atoms with Gasteiger partial charge in [-0.2, -0.15) is 0 Å². The Morgan fingerprint density at radius 3 is 2.38 bits per heavy atom. The van der Waals surface area contributed by atoms with Gasteiger partial charge in [-0.3, -0.25) is 0 Å². The monoisotopic (exact) mass is 400 g/mol. The molecule has 0 saturated carbocycles. The highest BCUT2D eigenvalue weighted by Gasteiger charge is 2.45. The van der Waals surface area contributed by atoms with Crippen LogP contribution in [0.5, 0.6) is 5.75 Å². The van der Waals surface area contributed by atoms with E-state index in [0.717, 1.165) is 11.3 Å². The number of aromatic hydroxyl groups is 1. The van der Waals surface area contributed by atoms with Crippen LogP contribution < -0.4 is 4.90 Å². The third-order valence-corrected chi connectivity index (χ3v) is 5.76. The second kappa shape index (κ2) is 7.50. The van der Waals surface area contributed by atoms with E-state index in [4.69, 9.17) is 0 Å². The maximum absolute atomic E-state index is 14.9. The van der Waals surface area contributed by atoms with Crippen molar-refractivity contribution in [1.29, 1.82) is 0 Å². The lowest BCUT2D eigenvalue weighted by Crippen LogP contribution is -2.47. The van der Waals surface area contributed by atoms with Crippen LogP contribution in [0.2, 0.25) is 0 Å². The summed E-state index contributed by atoms with van der Waals surface area (Å²) in [5, 5.41) is 9.40. The lowest BCUT2D eigenvalue weighted by atomic mass is 9.86. The number of phenols is 1. The fourth-order valence-electron chi connectivity index (χ4n) is 4.02. The first-order chi connectivity index (χ1) is 13.8. The molecule has 0 amide bonds. The van der Waals surface area contributed by atoms with E-state index in [9.17, 15) is 18.3 Å². The molecule has 0 aliphatic carbocycles. The SMILES string of the molecule is CC(c1ccc(F)cc1)n1ccc(N2CCC(c3ccc(O)cc3)C(F)(F)C2)c1. The Morgan fingerprint density at radius 1 is 1.03 bits per heavy atom. The summed E-state index contributed by atoms with van der Waals surface area (Å²) >= 11 is 0. The van der Waals surface area contributed by atoms with Crippen LogP contribution in [0.25, 0.3) is 0 Å². The molecule has 3 nitrogen and oxygen atoms in total. The number of hydrogen-bond acceptors (Lipinski definition) is 2. The Bertz CT molecular complexity index is 967. The van der Waals surface area contributed by atoms with E-state index < -0.39 is 11.8 Å². The number of halogens is 3. The van der Waals surface area contributed by atoms with Gasteiger partial charge in [-0.1, -0.05) is 24.3 Å². The lowest BCUT2D eigenvalue weighted by molar-refractivity contribution is -0.0331. The second-order valence-electron chi connectivity index (χ2n) is 7.66. The molecule has 1 N–H and O–H groups in total. The van der Waals surface area contributed by atoms with Gasteiger partial charge in [0.05, 0.1) is 24.2 Å². The molecular weight excluding hydrogens is 377 g/mol. The molecule has 2 heterocycles. The smallest absolute Gasteiger partial charge is 0.272 e. The summed E-state index contributed by atoms with van der Waals surface area (Å²) < 4.78 is 44.9. The standard InChI is InChI=1S/C23H23F3N2O/c1-16(17-2-6-19(24)7-3-17)27-12-10-20(14-27)28-13-11-22(23(25,26)15-28)18-4-8-21(29)9-5-18/h2-10,12,14,16,22,29H,11,13,15H2,1H3. The van der Waals surface area contributed by atoms with Crippen LogP contribution in [0.4, 0.5) is 18.9 Å². The van der Waals surface area contributed by atoms with Crippen molar-refractivity contribution < 1.29 is 18.3 Å². The minimum atomic E-state index is -2.88. The maximum Gasteiger partial charge on any atom is 0.272 e. The Morgan fingerprint density at radius 2 is 1.72 bits per heavy atom. The molecule has 1 saturated heterocycles. The van der Waals surface area contributed by atoms with Gasteiger partial charge in [0.25, 0.3) is 5.92 Å². The summed E-state index contributed by atoms with van der Waals surface area (Å²) in [5.74, 6) is -3.95. The molecule has 0 bridgehead atoms. The highest BCUT2D eigenvalue weighted by Crippen LogP contribution is 2.42. The van der Waals surface area contributed by atoms with Crippen molar-refractivity contribution >= 4 is 5.69 Å². The van der Waals surface area contributed by atoms with Crippen LogP contribution in [0.1, 0.15) is 36.4 Å². The third-order valence-electron chi connectivity index (χ3n) is 5.76. The first kappa shape index (κ1) is 19.4. The topological polar surface area (TPSA) is 28.4 Å². The largest absolute Gasteiger partial charge is 0.508 e. The fraction of sp³-hybridized carbons (Fsp3) is 0.304. The van der Waals surface area contributed by atoms with Crippen LogP contribution in [0.3, 0.4) is 0 Å². The minimum Gasteiger partial charge on any atom is -0.508 e. The predicted octanol–water partition coefficient (Wildman–Crippen LogP) is 5.57. The Kier molecular flexibility index (Phi) is 5.03. The van der Waals surface area contributed by atoms with Crippen LogP contribution in [-0.4, -0.2) is 28.7 Å². The number of alkyl halides is 2. The first-order valence-electron chi connectivity index (χ1n) is 9.68. The van der Waals surface area contributed by atoms with Crippen molar-refractivity contribution in [1.82, 2.24) is 4.57 Å². The van der Waals surface area contributed by atoms with Crippen molar-refractivity contribution in [3.63, 3.8) is 0 Å².